The highest BCUT2D eigenvalue weighted by Gasteiger charge is 2.32. The molecule has 0 spiro atoms. The number of hydrogen-bond acceptors (Lipinski definition) is 3. The minimum Gasteiger partial charge on any atom is -0.326 e. The molecule has 3 amide bonds. The summed E-state index contributed by atoms with van der Waals surface area (Å²) in [5.74, 6) is -0.154. The van der Waals surface area contributed by atoms with Gasteiger partial charge in [0.05, 0.1) is 5.69 Å². The van der Waals surface area contributed by atoms with E-state index in [2.05, 4.69) is 0 Å². The molecule has 1 fully saturated rings. The second-order valence-corrected chi connectivity index (χ2v) is 4.22. The molecule has 0 atom stereocenters. The summed E-state index contributed by atoms with van der Waals surface area (Å²) in [5.41, 5.74) is 7.08. The van der Waals surface area contributed by atoms with Crippen LogP contribution in [0.15, 0.2) is 24.3 Å². The third kappa shape index (κ3) is 2.22. The van der Waals surface area contributed by atoms with Gasteiger partial charge in [0.1, 0.15) is 0 Å². The Morgan fingerprint density at radius 2 is 2.11 bits per heavy atom. The fourth-order valence-corrected chi connectivity index (χ4v) is 2.06. The first-order chi connectivity index (χ1) is 8.67. The molecule has 1 aromatic rings. The first-order valence-electron chi connectivity index (χ1n) is 6.08. The van der Waals surface area contributed by atoms with E-state index < -0.39 is 0 Å². The standard InChI is InChI=1S/C13H17N3O2/c1-2-15-7-6-12(17)16(13(15)18)11-5-3-4-10(8-11)9-14/h3-5,8H,2,6-7,9,14H2,1H3. The van der Waals surface area contributed by atoms with E-state index in [1.165, 1.54) is 4.90 Å². The van der Waals surface area contributed by atoms with Crippen molar-refractivity contribution in [2.45, 2.75) is 19.9 Å². The van der Waals surface area contributed by atoms with Gasteiger partial charge in [0, 0.05) is 26.1 Å². The van der Waals surface area contributed by atoms with E-state index in [0.29, 0.717) is 31.7 Å². The molecular formula is C13H17N3O2. The SMILES string of the molecule is CCN1CCC(=O)N(c2cccc(CN)c2)C1=O. The predicted octanol–water partition coefficient (Wildman–Crippen LogP) is 1.32. The number of hydrogen-bond donors (Lipinski definition) is 1. The van der Waals surface area contributed by atoms with Crippen LogP contribution in [0.4, 0.5) is 10.5 Å². The molecule has 1 aliphatic heterocycles. The van der Waals surface area contributed by atoms with Crippen LogP contribution in [0.5, 0.6) is 0 Å². The zero-order valence-corrected chi connectivity index (χ0v) is 10.4. The lowest BCUT2D eigenvalue weighted by molar-refractivity contribution is -0.119. The smallest absolute Gasteiger partial charge is 0.326 e. The summed E-state index contributed by atoms with van der Waals surface area (Å²) in [6.07, 6.45) is 0.367. The molecule has 0 aromatic heterocycles. The molecule has 0 saturated carbocycles. The molecule has 96 valence electrons. The second kappa shape index (κ2) is 5.18. The van der Waals surface area contributed by atoms with Crippen LogP contribution in [0.2, 0.25) is 0 Å². The van der Waals surface area contributed by atoms with Gasteiger partial charge in [-0.3, -0.25) is 4.79 Å². The van der Waals surface area contributed by atoms with Crippen LogP contribution in [-0.4, -0.2) is 29.9 Å². The van der Waals surface area contributed by atoms with Crippen molar-refractivity contribution in [2.75, 3.05) is 18.0 Å². The van der Waals surface area contributed by atoms with Crippen LogP contribution < -0.4 is 10.6 Å². The molecule has 5 heteroatoms. The zero-order chi connectivity index (χ0) is 13.1. The van der Waals surface area contributed by atoms with Crippen molar-refractivity contribution in [3.63, 3.8) is 0 Å². The van der Waals surface area contributed by atoms with Crippen molar-refractivity contribution in [1.82, 2.24) is 4.90 Å². The van der Waals surface area contributed by atoms with Gasteiger partial charge in [-0.05, 0) is 24.6 Å². The molecule has 5 nitrogen and oxygen atoms in total. The summed E-state index contributed by atoms with van der Waals surface area (Å²) in [5, 5.41) is 0. The van der Waals surface area contributed by atoms with E-state index in [1.807, 2.05) is 19.1 Å². The normalized spacial score (nSPS) is 16.3. The van der Waals surface area contributed by atoms with E-state index in [-0.39, 0.29) is 11.9 Å². The molecule has 0 unspecified atom stereocenters. The number of carbonyl (C=O) groups is 2. The largest absolute Gasteiger partial charge is 0.331 e. The number of nitrogens with two attached hydrogens (primary N) is 1. The maximum Gasteiger partial charge on any atom is 0.331 e. The number of rotatable bonds is 3. The summed E-state index contributed by atoms with van der Waals surface area (Å²) in [6, 6.07) is 6.98. The number of anilines is 1. The van der Waals surface area contributed by atoms with E-state index in [4.69, 9.17) is 5.73 Å². The minimum atomic E-state index is -0.247. The van der Waals surface area contributed by atoms with Crippen LogP contribution >= 0.6 is 0 Å². The van der Waals surface area contributed by atoms with Gasteiger partial charge >= 0.3 is 6.03 Å². The Bertz CT molecular complexity index is 473. The molecule has 18 heavy (non-hydrogen) atoms. The summed E-state index contributed by atoms with van der Waals surface area (Å²) < 4.78 is 0. The van der Waals surface area contributed by atoms with E-state index in [1.54, 1.807) is 17.0 Å². The zero-order valence-electron chi connectivity index (χ0n) is 10.4. The fraction of sp³-hybridized carbons (Fsp3) is 0.385. The Balaban J connectivity index is 2.33. The molecule has 1 aromatic carbocycles. The maximum atomic E-state index is 12.2. The molecule has 0 radical (unpaired) electrons. The van der Waals surface area contributed by atoms with Gasteiger partial charge in [0.15, 0.2) is 0 Å². The average molecular weight is 247 g/mol. The Hall–Kier alpha value is -1.88. The van der Waals surface area contributed by atoms with Gasteiger partial charge in [-0.15, -0.1) is 0 Å². The van der Waals surface area contributed by atoms with Gasteiger partial charge < -0.3 is 10.6 Å². The van der Waals surface area contributed by atoms with Crippen molar-refractivity contribution < 1.29 is 9.59 Å². The number of urea groups is 1. The van der Waals surface area contributed by atoms with Crippen molar-refractivity contribution in [1.29, 1.82) is 0 Å². The van der Waals surface area contributed by atoms with Gasteiger partial charge in [0.2, 0.25) is 5.91 Å². The van der Waals surface area contributed by atoms with Gasteiger partial charge in [-0.25, -0.2) is 9.69 Å². The Kier molecular flexibility index (Phi) is 3.62. The van der Waals surface area contributed by atoms with E-state index in [0.717, 1.165) is 5.56 Å². The summed E-state index contributed by atoms with van der Waals surface area (Å²) in [6.45, 7) is 3.41. The van der Waals surface area contributed by atoms with Crippen LogP contribution in [0.1, 0.15) is 18.9 Å². The Morgan fingerprint density at radius 3 is 2.78 bits per heavy atom. The number of nitrogens with zero attached hydrogens (tertiary/aromatic N) is 2. The third-order valence-corrected chi connectivity index (χ3v) is 3.09. The number of amides is 3. The number of carbonyl (C=O) groups excluding carboxylic acids is 2. The monoisotopic (exact) mass is 247 g/mol. The highest BCUT2D eigenvalue weighted by molar-refractivity contribution is 6.15. The van der Waals surface area contributed by atoms with Gasteiger partial charge in [-0.2, -0.15) is 0 Å². The highest BCUT2D eigenvalue weighted by Crippen LogP contribution is 2.22. The van der Waals surface area contributed by atoms with Crippen LogP contribution in [-0.2, 0) is 11.3 Å². The van der Waals surface area contributed by atoms with Crippen LogP contribution in [0.3, 0.4) is 0 Å². The molecule has 0 aliphatic carbocycles. The average Bonchev–Trinajstić information content (AvgIpc) is 2.39. The third-order valence-electron chi connectivity index (χ3n) is 3.09. The molecule has 2 N–H and O–H groups in total. The Morgan fingerprint density at radius 1 is 1.33 bits per heavy atom. The molecule has 1 aliphatic rings. The van der Waals surface area contributed by atoms with Crippen molar-refractivity contribution >= 4 is 17.6 Å². The van der Waals surface area contributed by atoms with Crippen molar-refractivity contribution in [3.05, 3.63) is 29.8 Å². The number of imide groups is 1. The fourth-order valence-electron chi connectivity index (χ4n) is 2.06. The topological polar surface area (TPSA) is 66.6 Å². The first-order valence-corrected chi connectivity index (χ1v) is 6.08. The summed E-state index contributed by atoms with van der Waals surface area (Å²) in [4.78, 5) is 27.0. The second-order valence-electron chi connectivity index (χ2n) is 4.22. The first kappa shape index (κ1) is 12.6. The molecule has 0 bridgehead atoms. The summed E-state index contributed by atoms with van der Waals surface area (Å²) in [7, 11) is 0. The lowest BCUT2D eigenvalue weighted by Crippen LogP contribution is -2.52. The predicted molar refractivity (Wildman–Crippen MR) is 69.1 cm³/mol. The molecule has 2 rings (SSSR count). The van der Waals surface area contributed by atoms with Crippen LogP contribution in [0, 0.1) is 0 Å². The maximum absolute atomic E-state index is 12.2. The lowest BCUT2D eigenvalue weighted by atomic mass is 10.1. The van der Waals surface area contributed by atoms with E-state index in [9.17, 15) is 9.59 Å². The molecular weight excluding hydrogens is 230 g/mol. The molecule has 1 saturated heterocycles. The number of benzene rings is 1. The van der Waals surface area contributed by atoms with Gasteiger partial charge in [0.25, 0.3) is 0 Å². The molecule has 1 heterocycles. The van der Waals surface area contributed by atoms with Crippen molar-refractivity contribution in [2.24, 2.45) is 5.73 Å². The summed E-state index contributed by atoms with van der Waals surface area (Å²) >= 11 is 0. The minimum absolute atomic E-state index is 0.154. The van der Waals surface area contributed by atoms with E-state index >= 15 is 0 Å². The highest BCUT2D eigenvalue weighted by atomic mass is 16.2. The van der Waals surface area contributed by atoms with Crippen LogP contribution in [0.25, 0.3) is 0 Å². The Labute approximate surface area is 106 Å². The lowest BCUT2D eigenvalue weighted by Gasteiger charge is -2.33. The van der Waals surface area contributed by atoms with Crippen molar-refractivity contribution in [3.8, 4) is 0 Å². The quantitative estimate of drug-likeness (QED) is 0.876. The van der Waals surface area contributed by atoms with Gasteiger partial charge in [-0.1, -0.05) is 12.1 Å².